The van der Waals surface area contributed by atoms with Gasteiger partial charge in [0.25, 0.3) is 5.91 Å². The highest BCUT2D eigenvalue weighted by molar-refractivity contribution is 5.90. The molecule has 5 heteroatoms. The van der Waals surface area contributed by atoms with E-state index in [2.05, 4.69) is 60.4 Å². The lowest BCUT2D eigenvalue weighted by Gasteiger charge is -2.25. The van der Waals surface area contributed by atoms with Crippen molar-refractivity contribution in [3.8, 4) is 0 Å². The molecule has 0 bridgehead atoms. The summed E-state index contributed by atoms with van der Waals surface area (Å²) >= 11 is 0. The van der Waals surface area contributed by atoms with Gasteiger partial charge in [0.2, 0.25) is 0 Å². The number of aryl methyl sites for hydroxylation is 2. The molecule has 0 fully saturated rings. The van der Waals surface area contributed by atoms with E-state index < -0.39 is 5.91 Å². The van der Waals surface area contributed by atoms with E-state index in [1.165, 1.54) is 39.2 Å². The lowest BCUT2D eigenvalue weighted by Crippen LogP contribution is -2.25. The van der Waals surface area contributed by atoms with Gasteiger partial charge < -0.3 is 4.98 Å². The zero-order chi connectivity index (χ0) is 20.4. The first-order chi connectivity index (χ1) is 14.0. The highest BCUT2D eigenvalue weighted by Crippen LogP contribution is 2.36. The van der Waals surface area contributed by atoms with Crippen LogP contribution in [0.15, 0.2) is 48.7 Å². The normalized spacial score (nSPS) is 16.1. The highest BCUT2D eigenvalue weighted by Gasteiger charge is 2.25. The van der Waals surface area contributed by atoms with Crippen LogP contribution < -0.4 is 5.48 Å². The molecule has 1 amide bonds. The lowest BCUT2D eigenvalue weighted by atomic mass is 10.0. The number of fused-ring (bicyclic) bond motifs is 2. The zero-order valence-corrected chi connectivity index (χ0v) is 16.9. The molecule has 150 valence electrons. The van der Waals surface area contributed by atoms with Crippen molar-refractivity contribution in [3.63, 3.8) is 0 Å². The van der Waals surface area contributed by atoms with E-state index >= 15 is 0 Å². The standard InChI is InChI=1S/C24H27N3O2/c1-16-3-7-20-19(15-25-22(20)13-16)11-12-27(2)23-9-6-18-14-17(4-8-21(18)23)5-10-24(28)26-29/h3-5,7-8,10,13-15,23,25,29H,6,9,11-12H2,1-2H3,(H,26,28). The molecule has 0 saturated heterocycles. The van der Waals surface area contributed by atoms with Gasteiger partial charge in [-0.25, -0.2) is 5.48 Å². The predicted octanol–water partition coefficient (Wildman–Crippen LogP) is 4.16. The molecule has 5 nitrogen and oxygen atoms in total. The minimum absolute atomic E-state index is 0.427. The number of likely N-dealkylation sites (N-methyl/N-ethyl adjacent to an activating group) is 1. The number of nitrogens with zero attached hydrogens (tertiary/aromatic N) is 1. The predicted molar refractivity (Wildman–Crippen MR) is 116 cm³/mol. The summed E-state index contributed by atoms with van der Waals surface area (Å²) in [6, 6.07) is 13.4. The van der Waals surface area contributed by atoms with E-state index in [1.54, 1.807) is 11.6 Å². The molecule has 3 N–H and O–H groups in total. The first-order valence-corrected chi connectivity index (χ1v) is 10.1. The smallest absolute Gasteiger partial charge is 0.267 e. The second kappa shape index (κ2) is 8.23. The summed E-state index contributed by atoms with van der Waals surface area (Å²) in [4.78, 5) is 17.0. The summed E-state index contributed by atoms with van der Waals surface area (Å²) in [5.74, 6) is -0.518. The minimum Gasteiger partial charge on any atom is -0.361 e. The van der Waals surface area contributed by atoms with Crippen molar-refractivity contribution in [2.45, 2.75) is 32.2 Å². The van der Waals surface area contributed by atoms with Gasteiger partial charge in [0.05, 0.1) is 0 Å². The number of carbonyl (C=O) groups is 1. The van der Waals surface area contributed by atoms with Crippen LogP contribution in [0.25, 0.3) is 17.0 Å². The van der Waals surface area contributed by atoms with Gasteiger partial charge >= 0.3 is 0 Å². The van der Waals surface area contributed by atoms with Crippen LogP contribution in [0.3, 0.4) is 0 Å². The van der Waals surface area contributed by atoms with Gasteiger partial charge in [-0.3, -0.25) is 14.9 Å². The number of hydrogen-bond acceptors (Lipinski definition) is 3. The van der Waals surface area contributed by atoms with E-state index in [0.29, 0.717) is 6.04 Å². The molecule has 1 aromatic heterocycles. The molecule has 0 radical (unpaired) electrons. The van der Waals surface area contributed by atoms with Crippen molar-refractivity contribution in [3.05, 3.63) is 76.5 Å². The summed E-state index contributed by atoms with van der Waals surface area (Å²) in [7, 11) is 2.21. The zero-order valence-electron chi connectivity index (χ0n) is 16.9. The van der Waals surface area contributed by atoms with Crippen molar-refractivity contribution < 1.29 is 10.0 Å². The Balaban J connectivity index is 1.43. The van der Waals surface area contributed by atoms with Crippen molar-refractivity contribution in [2.75, 3.05) is 13.6 Å². The average molecular weight is 389 g/mol. The SMILES string of the molecule is Cc1ccc2c(CCN(C)C3CCc4cc(C=CC(=O)NO)ccc43)c[nH]c2c1. The number of aromatic amines is 1. The fraction of sp³-hybridized carbons (Fsp3) is 0.292. The maximum atomic E-state index is 11.2. The largest absolute Gasteiger partial charge is 0.361 e. The second-order valence-corrected chi connectivity index (χ2v) is 7.92. The highest BCUT2D eigenvalue weighted by atomic mass is 16.5. The van der Waals surface area contributed by atoms with Crippen LogP contribution in [0.4, 0.5) is 0 Å². The first kappa shape index (κ1) is 19.4. The summed E-state index contributed by atoms with van der Waals surface area (Å²) in [6.45, 7) is 3.12. The van der Waals surface area contributed by atoms with Gasteiger partial charge in [-0.2, -0.15) is 0 Å². The van der Waals surface area contributed by atoms with Gasteiger partial charge in [0.15, 0.2) is 0 Å². The lowest BCUT2D eigenvalue weighted by molar-refractivity contribution is -0.124. The molecule has 0 spiro atoms. The van der Waals surface area contributed by atoms with Crippen LogP contribution in [0.5, 0.6) is 0 Å². The van der Waals surface area contributed by atoms with E-state index in [1.807, 2.05) is 6.07 Å². The van der Waals surface area contributed by atoms with Crippen LogP contribution in [-0.2, 0) is 17.6 Å². The molecule has 1 atom stereocenters. The number of rotatable bonds is 6. The molecule has 1 unspecified atom stereocenters. The molecule has 1 aliphatic carbocycles. The summed E-state index contributed by atoms with van der Waals surface area (Å²) < 4.78 is 0. The van der Waals surface area contributed by atoms with Gasteiger partial charge in [0, 0.05) is 35.8 Å². The van der Waals surface area contributed by atoms with E-state index in [9.17, 15) is 4.79 Å². The summed E-state index contributed by atoms with van der Waals surface area (Å²) in [5, 5.41) is 9.91. The Labute approximate surface area is 171 Å². The molecule has 1 heterocycles. The molecule has 29 heavy (non-hydrogen) atoms. The third-order valence-corrected chi connectivity index (χ3v) is 5.94. The molecule has 0 aliphatic heterocycles. The number of amides is 1. The fourth-order valence-electron chi connectivity index (χ4n) is 4.35. The maximum absolute atomic E-state index is 11.2. The van der Waals surface area contributed by atoms with Gasteiger partial charge in [-0.15, -0.1) is 0 Å². The Morgan fingerprint density at radius 3 is 3.00 bits per heavy atom. The molecule has 3 aromatic rings. The first-order valence-electron chi connectivity index (χ1n) is 10.1. The average Bonchev–Trinajstić information content (AvgIpc) is 3.33. The number of aromatic nitrogens is 1. The number of benzene rings is 2. The van der Waals surface area contributed by atoms with Crippen LogP contribution in [0.2, 0.25) is 0 Å². The van der Waals surface area contributed by atoms with Crippen LogP contribution in [0.1, 0.15) is 40.3 Å². The van der Waals surface area contributed by atoms with Crippen LogP contribution in [-0.4, -0.2) is 34.6 Å². The summed E-state index contributed by atoms with van der Waals surface area (Å²) in [6.07, 6.45) is 8.38. The molecule has 1 aliphatic rings. The maximum Gasteiger partial charge on any atom is 0.267 e. The number of H-pyrrole nitrogens is 1. The van der Waals surface area contributed by atoms with Crippen molar-refractivity contribution in [1.29, 1.82) is 0 Å². The molecule has 4 rings (SSSR count). The Morgan fingerprint density at radius 2 is 2.17 bits per heavy atom. The number of nitrogens with one attached hydrogen (secondary N) is 2. The second-order valence-electron chi connectivity index (χ2n) is 7.92. The quantitative estimate of drug-likeness (QED) is 0.337. The third-order valence-electron chi connectivity index (χ3n) is 5.94. The molecule has 2 aromatic carbocycles. The van der Waals surface area contributed by atoms with E-state index in [0.717, 1.165) is 31.4 Å². The van der Waals surface area contributed by atoms with E-state index in [-0.39, 0.29) is 0 Å². The number of hydrogen-bond donors (Lipinski definition) is 3. The molecular weight excluding hydrogens is 362 g/mol. The Bertz CT molecular complexity index is 1070. The van der Waals surface area contributed by atoms with Gasteiger partial charge in [0.1, 0.15) is 0 Å². The third kappa shape index (κ3) is 4.11. The Kier molecular flexibility index (Phi) is 5.51. The van der Waals surface area contributed by atoms with Gasteiger partial charge in [-0.1, -0.05) is 30.3 Å². The number of hydroxylamine groups is 1. The summed E-state index contributed by atoms with van der Waals surface area (Å²) in [5.41, 5.74) is 9.17. The van der Waals surface area contributed by atoms with Crippen LogP contribution >= 0.6 is 0 Å². The molecular formula is C24H27N3O2. The minimum atomic E-state index is -0.518. The Hall–Kier alpha value is -2.89. The van der Waals surface area contributed by atoms with Crippen molar-refractivity contribution in [2.24, 2.45) is 0 Å². The van der Waals surface area contributed by atoms with Gasteiger partial charge in [-0.05, 0) is 73.2 Å². The topological polar surface area (TPSA) is 68.4 Å². The van der Waals surface area contributed by atoms with Crippen LogP contribution in [0, 0.1) is 6.92 Å². The van der Waals surface area contributed by atoms with Crippen molar-refractivity contribution in [1.82, 2.24) is 15.4 Å². The Morgan fingerprint density at radius 1 is 1.31 bits per heavy atom. The van der Waals surface area contributed by atoms with Crippen molar-refractivity contribution >= 4 is 22.9 Å². The monoisotopic (exact) mass is 389 g/mol. The van der Waals surface area contributed by atoms with E-state index in [4.69, 9.17) is 5.21 Å². The molecule has 0 saturated carbocycles. The fourth-order valence-corrected chi connectivity index (χ4v) is 4.35. The number of carbonyl (C=O) groups excluding carboxylic acids is 1.